The molecule has 0 amide bonds. The van der Waals surface area contributed by atoms with Crippen molar-refractivity contribution in [1.29, 1.82) is 0 Å². The normalized spacial score (nSPS) is 11.7. The molecule has 4 heterocycles. The Balaban J connectivity index is 1.85. The van der Waals surface area contributed by atoms with Crippen LogP contribution in [-0.2, 0) is 20.9 Å². The molecule has 154 valence electrons. The lowest BCUT2D eigenvalue weighted by Gasteiger charge is -2.11. The number of aromatic nitrogens is 5. The van der Waals surface area contributed by atoms with Crippen LogP contribution in [0.1, 0.15) is 5.56 Å². The molecule has 0 bridgehead atoms. The van der Waals surface area contributed by atoms with Crippen molar-refractivity contribution in [3.8, 4) is 11.5 Å². The third kappa shape index (κ3) is 4.23. The molecule has 9 nitrogen and oxygen atoms in total. The molecule has 0 spiro atoms. The summed E-state index contributed by atoms with van der Waals surface area (Å²) in [5, 5.41) is 7.20. The van der Waals surface area contributed by atoms with Crippen LogP contribution in [0.4, 0.5) is 20.3 Å². The summed E-state index contributed by atoms with van der Waals surface area (Å²) in [5.41, 5.74) is 1.22. The lowest BCUT2D eigenvalue weighted by molar-refractivity contribution is 0.313. The van der Waals surface area contributed by atoms with Gasteiger partial charge in [-0.15, -0.1) is 5.10 Å². The molecule has 4 aromatic heterocycles. The van der Waals surface area contributed by atoms with Gasteiger partial charge in [-0.2, -0.15) is 8.42 Å². The predicted octanol–water partition coefficient (Wildman–Crippen LogP) is 2.68. The zero-order chi connectivity index (χ0) is 21.3. The maximum absolute atomic E-state index is 14.1. The topological polar surface area (TPSA) is 111 Å². The van der Waals surface area contributed by atoms with Gasteiger partial charge in [0.25, 0.3) is 10.1 Å². The van der Waals surface area contributed by atoms with E-state index in [-0.39, 0.29) is 23.9 Å². The van der Waals surface area contributed by atoms with Crippen molar-refractivity contribution in [1.82, 2.24) is 24.6 Å². The van der Waals surface area contributed by atoms with E-state index in [4.69, 9.17) is 4.18 Å². The molecule has 4 rings (SSSR count). The van der Waals surface area contributed by atoms with E-state index in [0.29, 0.717) is 16.8 Å². The zero-order valence-electron chi connectivity index (χ0n) is 15.5. The third-order valence-electron chi connectivity index (χ3n) is 4.01. The molecule has 0 aliphatic carbocycles. The van der Waals surface area contributed by atoms with Crippen LogP contribution in [0.15, 0.2) is 49.1 Å². The summed E-state index contributed by atoms with van der Waals surface area (Å²) < 4.78 is 56.4. The summed E-state index contributed by atoms with van der Waals surface area (Å²) in [6.45, 7) is -0.264. The van der Waals surface area contributed by atoms with Gasteiger partial charge in [0.05, 0.1) is 30.9 Å². The SMILES string of the molecule is CS(=O)(=O)OCc1ccn2nc(-c3ccc(F)cn3)nc(Nc3ccncc3F)c12. The second-order valence-corrected chi connectivity index (χ2v) is 7.87. The van der Waals surface area contributed by atoms with E-state index in [2.05, 4.69) is 25.4 Å². The first-order valence-electron chi connectivity index (χ1n) is 8.51. The first kappa shape index (κ1) is 19.8. The summed E-state index contributed by atoms with van der Waals surface area (Å²) >= 11 is 0. The summed E-state index contributed by atoms with van der Waals surface area (Å²) in [7, 11) is -3.69. The fraction of sp³-hybridized carbons (Fsp3) is 0.111. The molecule has 0 atom stereocenters. The predicted molar refractivity (Wildman–Crippen MR) is 103 cm³/mol. The largest absolute Gasteiger partial charge is 0.336 e. The van der Waals surface area contributed by atoms with E-state index in [1.807, 2.05) is 0 Å². The van der Waals surface area contributed by atoms with Crippen LogP contribution in [0.2, 0.25) is 0 Å². The Morgan fingerprint density at radius 2 is 2.00 bits per heavy atom. The molecular weight excluding hydrogens is 418 g/mol. The number of nitrogens with one attached hydrogen (secondary N) is 1. The standard InChI is InChI=1S/C18H14F2N6O3S/c1-30(27,28)29-10-11-5-7-26-16(11)18(23-14-4-6-21-9-13(14)20)24-17(25-26)15-3-2-12(19)8-22-15/h2-9H,10H2,1H3,(H,21,23,24,25). The Labute approximate surface area is 169 Å². The Morgan fingerprint density at radius 3 is 2.70 bits per heavy atom. The number of rotatable bonds is 6. The van der Waals surface area contributed by atoms with Crippen molar-refractivity contribution in [2.75, 3.05) is 11.6 Å². The van der Waals surface area contributed by atoms with Crippen molar-refractivity contribution in [2.45, 2.75) is 6.61 Å². The van der Waals surface area contributed by atoms with E-state index in [9.17, 15) is 17.2 Å². The first-order chi connectivity index (χ1) is 14.3. The van der Waals surface area contributed by atoms with Gasteiger partial charge >= 0.3 is 0 Å². The van der Waals surface area contributed by atoms with Crippen molar-refractivity contribution in [2.24, 2.45) is 0 Å². The van der Waals surface area contributed by atoms with Gasteiger partial charge in [-0.3, -0.25) is 9.17 Å². The van der Waals surface area contributed by atoms with Crippen LogP contribution < -0.4 is 5.32 Å². The minimum atomic E-state index is -3.69. The third-order valence-corrected chi connectivity index (χ3v) is 4.55. The second kappa shape index (κ2) is 7.72. The number of halogens is 2. The van der Waals surface area contributed by atoms with Gasteiger partial charge in [-0.05, 0) is 24.3 Å². The first-order valence-corrected chi connectivity index (χ1v) is 10.3. The average Bonchev–Trinajstić information content (AvgIpc) is 3.11. The van der Waals surface area contributed by atoms with Crippen molar-refractivity contribution < 1.29 is 21.4 Å². The van der Waals surface area contributed by atoms with Crippen LogP contribution in [0, 0.1) is 11.6 Å². The van der Waals surface area contributed by atoms with Crippen LogP contribution in [0.5, 0.6) is 0 Å². The number of nitrogens with zero attached hydrogens (tertiary/aromatic N) is 5. The lowest BCUT2D eigenvalue weighted by Crippen LogP contribution is -2.07. The summed E-state index contributed by atoms with van der Waals surface area (Å²) in [4.78, 5) is 12.1. The van der Waals surface area contributed by atoms with E-state index >= 15 is 0 Å². The molecule has 0 aliphatic heterocycles. The monoisotopic (exact) mass is 432 g/mol. The second-order valence-electron chi connectivity index (χ2n) is 6.23. The molecule has 0 saturated heterocycles. The van der Waals surface area contributed by atoms with E-state index in [0.717, 1.165) is 18.6 Å². The zero-order valence-corrected chi connectivity index (χ0v) is 16.3. The minimum Gasteiger partial charge on any atom is -0.336 e. The number of fused-ring (bicyclic) bond motifs is 1. The van der Waals surface area contributed by atoms with Crippen molar-refractivity contribution in [3.63, 3.8) is 0 Å². The van der Waals surface area contributed by atoms with Gasteiger partial charge in [0.15, 0.2) is 11.6 Å². The Morgan fingerprint density at radius 1 is 1.17 bits per heavy atom. The van der Waals surface area contributed by atoms with Gasteiger partial charge in [0, 0.05) is 18.0 Å². The molecule has 0 aliphatic rings. The molecule has 0 fully saturated rings. The maximum atomic E-state index is 14.1. The highest BCUT2D eigenvalue weighted by molar-refractivity contribution is 7.85. The molecule has 0 aromatic carbocycles. The van der Waals surface area contributed by atoms with Crippen molar-refractivity contribution in [3.05, 3.63) is 66.3 Å². The van der Waals surface area contributed by atoms with Crippen LogP contribution in [0.25, 0.3) is 17.0 Å². The number of hydrogen-bond acceptors (Lipinski definition) is 8. The van der Waals surface area contributed by atoms with Crippen molar-refractivity contribution >= 4 is 27.1 Å². The average molecular weight is 432 g/mol. The maximum Gasteiger partial charge on any atom is 0.264 e. The Hall–Kier alpha value is -3.51. The fourth-order valence-electron chi connectivity index (χ4n) is 2.68. The molecule has 0 radical (unpaired) electrons. The summed E-state index contributed by atoms with van der Waals surface area (Å²) in [5.74, 6) is -0.812. The quantitative estimate of drug-likeness (QED) is 0.463. The van der Waals surface area contributed by atoms with Gasteiger partial charge < -0.3 is 5.32 Å². The Bertz CT molecular complexity index is 1330. The van der Waals surface area contributed by atoms with Crippen LogP contribution >= 0.6 is 0 Å². The van der Waals surface area contributed by atoms with E-state index in [1.54, 1.807) is 12.3 Å². The molecule has 0 saturated carbocycles. The fourth-order valence-corrected chi connectivity index (χ4v) is 3.02. The van der Waals surface area contributed by atoms with E-state index in [1.165, 1.54) is 28.9 Å². The van der Waals surface area contributed by atoms with Gasteiger partial charge in [0.2, 0.25) is 5.82 Å². The molecule has 0 unspecified atom stereocenters. The number of anilines is 2. The van der Waals surface area contributed by atoms with Gasteiger partial charge in [0.1, 0.15) is 17.0 Å². The number of pyridine rings is 2. The van der Waals surface area contributed by atoms with Gasteiger partial charge in [-0.25, -0.2) is 23.3 Å². The molecule has 12 heteroatoms. The summed E-state index contributed by atoms with van der Waals surface area (Å²) in [6, 6.07) is 5.64. The van der Waals surface area contributed by atoms with E-state index < -0.39 is 21.8 Å². The molecule has 1 N–H and O–H groups in total. The molecular formula is C18H14F2N6O3S. The van der Waals surface area contributed by atoms with Gasteiger partial charge in [-0.1, -0.05) is 0 Å². The highest BCUT2D eigenvalue weighted by Gasteiger charge is 2.17. The number of hydrogen-bond donors (Lipinski definition) is 1. The summed E-state index contributed by atoms with van der Waals surface area (Å²) in [6.07, 6.45) is 5.97. The van der Waals surface area contributed by atoms with Crippen LogP contribution in [-0.4, -0.2) is 39.2 Å². The lowest BCUT2D eigenvalue weighted by atomic mass is 10.2. The highest BCUT2D eigenvalue weighted by Crippen LogP contribution is 2.27. The molecule has 4 aromatic rings. The van der Waals surface area contributed by atoms with Crippen LogP contribution in [0.3, 0.4) is 0 Å². The Kier molecular flexibility index (Phi) is 5.10. The molecule has 30 heavy (non-hydrogen) atoms. The smallest absolute Gasteiger partial charge is 0.264 e. The minimum absolute atomic E-state index is 0.0970. The highest BCUT2D eigenvalue weighted by atomic mass is 32.2.